The Kier molecular flexibility index (Phi) is 6.45. The van der Waals surface area contributed by atoms with Crippen molar-refractivity contribution in [3.8, 4) is 0 Å². The van der Waals surface area contributed by atoms with Crippen LogP contribution in [0.15, 0.2) is 60.7 Å². The monoisotopic (exact) mass is 298 g/mol. The summed E-state index contributed by atoms with van der Waals surface area (Å²) in [6.07, 6.45) is 2.28. The maximum atomic E-state index is 12.2. The van der Waals surface area contributed by atoms with Gasteiger partial charge in [-0.3, -0.25) is 15.2 Å². The number of carbonyl (C=O) groups excluding carboxylic acids is 1. The molecule has 4 nitrogen and oxygen atoms in total. The standard InChI is InChI=1S/C18H23N3O/c1-2-3-14-19-15-18(22)20-21(16-10-6-4-7-11-16)17-12-8-5-9-13-17/h4-13,19H,2-3,14-15H2,1H3,(H,20,22)/p+1. The van der Waals surface area contributed by atoms with Crippen LogP contribution in [-0.2, 0) is 4.79 Å². The molecule has 0 saturated carbocycles. The molecule has 2 aromatic carbocycles. The van der Waals surface area contributed by atoms with Crippen molar-refractivity contribution < 1.29 is 10.1 Å². The fourth-order valence-electron chi connectivity index (χ4n) is 2.18. The maximum absolute atomic E-state index is 12.2. The Morgan fingerprint density at radius 2 is 1.55 bits per heavy atom. The van der Waals surface area contributed by atoms with Gasteiger partial charge in [0.15, 0.2) is 6.54 Å². The van der Waals surface area contributed by atoms with Gasteiger partial charge in [0, 0.05) is 0 Å². The summed E-state index contributed by atoms with van der Waals surface area (Å²) in [4.78, 5) is 12.2. The number of rotatable bonds is 8. The van der Waals surface area contributed by atoms with Gasteiger partial charge in [0.1, 0.15) is 0 Å². The third-order valence-electron chi connectivity index (χ3n) is 3.36. The SMILES string of the molecule is CCCC[NH2+]CC(=O)NN(c1ccccc1)c1ccccc1. The molecule has 0 heterocycles. The van der Waals surface area contributed by atoms with Crippen LogP contribution in [-0.4, -0.2) is 19.0 Å². The summed E-state index contributed by atoms with van der Waals surface area (Å²) >= 11 is 0. The number of hydrogen-bond acceptors (Lipinski definition) is 2. The largest absolute Gasteiger partial charge is 0.338 e. The number of nitrogens with one attached hydrogen (secondary N) is 1. The third kappa shape index (κ3) is 4.90. The van der Waals surface area contributed by atoms with E-state index in [1.807, 2.05) is 71.0 Å². The van der Waals surface area contributed by atoms with Crippen LogP contribution in [0.2, 0.25) is 0 Å². The molecule has 2 aromatic rings. The highest BCUT2D eigenvalue weighted by Crippen LogP contribution is 2.22. The first kappa shape index (κ1) is 16.0. The molecule has 0 aromatic heterocycles. The van der Waals surface area contributed by atoms with Crippen LogP contribution in [0, 0.1) is 0 Å². The summed E-state index contributed by atoms with van der Waals surface area (Å²) in [6.45, 7) is 3.58. The first-order chi connectivity index (χ1) is 10.8. The first-order valence-electron chi connectivity index (χ1n) is 7.82. The van der Waals surface area contributed by atoms with Gasteiger partial charge < -0.3 is 5.32 Å². The van der Waals surface area contributed by atoms with Gasteiger partial charge in [-0.05, 0) is 30.7 Å². The molecule has 116 valence electrons. The van der Waals surface area contributed by atoms with Crippen LogP contribution in [0.5, 0.6) is 0 Å². The maximum Gasteiger partial charge on any atom is 0.293 e. The normalized spacial score (nSPS) is 10.2. The molecule has 0 aliphatic heterocycles. The lowest BCUT2D eigenvalue weighted by Crippen LogP contribution is -2.86. The Hall–Kier alpha value is -2.33. The molecule has 0 unspecified atom stereocenters. The van der Waals surface area contributed by atoms with E-state index in [9.17, 15) is 4.79 Å². The summed E-state index contributed by atoms with van der Waals surface area (Å²) in [5.41, 5.74) is 4.87. The second-order valence-corrected chi connectivity index (χ2v) is 5.18. The number of hydrazine groups is 1. The molecule has 3 N–H and O–H groups in total. The molecule has 0 radical (unpaired) electrons. The minimum absolute atomic E-state index is 0.00353. The molecule has 4 heteroatoms. The summed E-state index contributed by atoms with van der Waals surface area (Å²) in [7, 11) is 0. The second-order valence-electron chi connectivity index (χ2n) is 5.18. The van der Waals surface area contributed by atoms with Gasteiger partial charge in [-0.2, -0.15) is 0 Å². The summed E-state index contributed by atoms with van der Waals surface area (Å²) in [5, 5.41) is 3.88. The fourth-order valence-corrected chi connectivity index (χ4v) is 2.18. The smallest absolute Gasteiger partial charge is 0.293 e. The molecule has 22 heavy (non-hydrogen) atoms. The van der Waals surface area contributed by atoms with E-state index in [1.54, 1.807) is 0 Å². The number of nitrogens with zero attached hydrogens (tertiary/aromatic N) is 1. The van der Waals surface area contributed by atoms with E-state index in [4.69, 9.17) is 0 Å². The molecule has 0 saturated heterocycles. The van der Waals surface area contributed by atoms with Crippen molar-refractivity contribution in [3.05, 3.63) is 60.7 Å². The van der Waals surface area contributed by atoms with E-state index in [0.717, 1.165) is 30.8 Å². The highest BCUT2D eigenvalue weighted by molar-refractivity contribution is 5.81. The van der Waals surface area contributed by atoms with Gasteiger partial charge in [-0.1, -0.05) is 49.7 Å². The average molecular weight is 298 g/mol. The Labute approximate surface area is 132 Å². The molecule has 2 rings (SSSR count). The Balaban J connectivity index is 2.04. The number of hydrogen-bond donors (Lipinski definition) is 2. The number of unbranched alkanes of at least 4 members (excludes halogenated alkanes) is 1. The molecule has 0 bridgehead atoms. The Bertz CT molecular complexity index is 518. The van der Waals surface area contributed by atoms with Crippen molar-refractivity contribution in [2.45, 2.75) is 19.8 Å². The van der Waals surface area contributed by atoms with Crippen LogP contribution in [0.4, 0.5) is 11.4 Å². The van der Waals surface area contributed by atoms with Crippen LogP contribution in [0.3, 0.4) is 0 Å². The number of para-hydroxylation sites is 2. The molecule has 1 amide bonds. The highest BCUT2D eigenvalue weighted by atomic mass is 16.2. The van der Waals surface area contributed by atoms with Gasteiger partial charge in [-0.25, -0.2) is 0 Å². The number of carbonyl (C=O) groups is 1. The van der Waals surface area contributed by atoms with E-state index in [-0.39, 0.29) is 5.91 Å². The van der Waals surface area contributed by atoms with Crippen molar-refractivity contribution in [1.29, 1.82) is 0 Å². The van der Waals surface area contributed by atoms with Crippen molar-refractivity contribution >= 4 is 17.3 Å². The van der Waals surface area contributed by atoms with Crippen LogP contribution in [0.25, 0.3) is 0 Å². The number of nitrogens with two attached hydrogens (primary N) is 1. The van der Waals surface area contributed by atoms with Crippen LogP contribution in [0.1, 0.15) is 19.8 Å². The zero-order valence-electron chi connectivity index (χ0n) is 13.0. The predicted octanol–water partition coefficient (Wildman–Crippen LogP) is 2.22. The quantitative estimate of drug-likeness (QED) is 0.580. The summed E-state index contributed by atoms with van der Waals surface area (Å²) < 4.78 is 0. The minimum Gasteiger partial charge on any atom is -0.338 e. The number of quaternary nitrogens is 1. The van der Waals surface area contributed by atoms with E-state index in [2.05, 4.69) is 12.3 Å². The number of anilines is 2. The highest BCUT2D eigenvalue weighted by Gasteiger charge is 2.13. The first-order valence-corrected chi connectivity index (χ1v) is 7.82. The second kappa shape index (κ2) is 8.85. The third-order valence-corrected chi connectivity index (χ3v) is 3.36. The topological polar surface area (TPSA) is 49.0 Å². The van der Waals surface area contributed by atoms with Crippen LogP contribution < -0.4 is 15.8 Å². The van der Waals surface area contributed by atoms with Crippen LogP contribution >= 0.6 is 0 Å². The van der Waals surface area contributed by atoms with Crippen molar-refractivity contribution in [1.82, 2.24) is 5.43 Å². The number of benzene rings is 2. The molecule has 0 fully saturated rings. The molecule has 0 spiro atoms. The minimum atomic E-state index is 0.00353. The molecule has 0 atom stereocenters. The van der Waals surface area contributed by atoms with Gasteiger partial charge in [-0.15, -0.1) is 0 Å². The van der Waals surface area contributed by atoms with Gasteiger partial charge >= 0.3 is 0 Å². The van der Waals surface area contributed by atoms with E-state index in [1.165, 1.54) is 0 Å². The zero-order valence-corrected chi connectivity index (χ0v) is 13.0. The lowest BCUT2D eigenvalue weighted by molar-refractivity contribution is -0.644. The van der Waals surface area contributed by atoms with Crippen molar-refractivity contribution in [2.75, 3.05) is 18.1 Å². The van der Waals surface area contributed by atoms with Gasteiger partial charge in [0.2, 0.25) is 0 Å². The Morgan fingerprint density at radius 1 is 1.00 bits per heavy atom. The lowest BCUT2D eigenvalue weighted by Gasteiger charge is -2.25. The fraction of sp³-hybridized carbons (Fsp3) is 0.278. The summed E-state index contributed by atoms with van der Waals surface area (Å²) in [5.74, 6) is 0.00353. The van der Waals surface area contributed by atoms with Gasteiger partial charge in [0.25, 0.3) is 5.91 Å². The van der Waals surface area contributed by atoms with Gasteiger partial charge in [0.05, 0.1) is 17.9 Å². The van der Waals surface area contributed by atoms with E-state index in [0.29, 0.717) is 6.54 Å². The van der Waals surface area contributed by atoms with E-state index >= 15 is 0 Å². The zero-order chi connectivity index (χ0) is 15.6. The number of amides is 1. The average Bonchev–Trinajstić information content (AvgIpc) is 2.58. The molecular formula is C18H24N3O+. The van der Waals surface area contributed by atoms with Crippen molar-refractivity contribution in [3.63, 3.8) is 0 Å². The predicted molar refractivity (Wildman–Crippen MR) is 89.7 cm³/mol. The lowest BCUT2D eigenvalue weighted by atomic mass is 10.2. The molecule has 0 aliphatic rings. The molecule has 0 aliphatic carbocycles. The summed E-state index contributed by atoms with van der Waals surface area (Å²) in [6, 6.07) is 19.7. The van der Waals surface area contributed by atoms with Crippen molar-refractivity contribution in [2.24, 2.45) is 0 Å². The molecular weight excluding hydrogens is 274 g/mol. The Morgan fingerprint density at radius 3 is 2.05 bits per heavy atom. The van der Waals surface area contributed by atoms with E-state index < -0.39 is 0 Å².